The molecule has 0 atom stereocenters. The summed E-state index contributed by atoms with van der Waals surface area (Å²) >= 11 is 1.42. The largest absolute Gasteiger partial charge is 0.476 e. The number of anilines is 3. The summed E-state index contributed by atoms with van der Waals surface area (Å²) in [4.78, 5) is 33.4. The van der Waals surface area contributed by atoms with Gasteiger partial charge in [0.2, 0.25) is 5.75 Å². The number of halogens is 1. The van der Waals surface area contributed by atoms with Crippen molar-refractivity contribution in [3.8, 4) is 22.9 Å². The van der Waals surface area contributed by atoms with E-state index in [9.17, 15) is 14.0 Å². The minimum atomic E-state index is -0.517. The minimum absolute atomic E-state index is 0.130. The van der Waals surface area contributed by atoms with Gasteiger partial charge >= 0.3 is 6.03 Å². The van der Waals surface area contributed by atoms with E-state index < -0.39 is 11.8 Å². The monoisotopic (exact) mass is 563 g/mol. The molecule has 13 heteroatoms. The molecule has 3 amide bonds. The van der Waals surface area contributed by atoms with Gasteiger partial charge in [-0.05, 0) is 24.5 Å². The van der Waals surface area contributed by atoms with E-state index in [4.69, 9.17) is 9.47 Å². The van der Waals surface area contributed by atoms with Crippen LogP contribution in [0.2, 0.25) is 0 Å². The number of hydrogen-bond donors (Lipinski definition) is 3. The van der Waals surface area contributed by atoms with E-state index in [1.807, 2.05) is 27.0 Å². The van der Waals surface area contributed by atoms with Crippen molar-refractivity contribution in [3.63, 3.8) is 0 Å². The van der Waals surface area contributed by atoms with Crippen LogP contribution in [-0.4, -0.2) is 44.5 Å². The summed E-state index contributed by atoms with van der Waals surface area (Å²) in [6.45, 7) is 5.85. The van der Waals surface area contributed by atoms with E-state index in [2.05, 4.69) is 31.0 Å². The summed E-state index contributed by atoms with van der Waals surface area (Å²) in [5.41, 5.74) is 1.32. The van der Waals surface area contributed by atoms with Crippen LogP contribution in [0.1, 0.15) is 26.5 Å². The lowest BCUT2D eigenvalue weighted by Gasteiger charge is -2.19. The SMILES string of the molecule is CSc1cc(Oc2ccnc3c2OCC(=O)N3)ccc1NC(=O)Nc1cc(C(C)(C)C)nn1-c1cncc(F)c1. The van der Waals surface area contributed by atoms with Gasteiger partial charge in [0.15, 0.2) is 18.2 Å². The fourth-order valence-corrected chi connectivity index (χ4v) is 4.40. The average Bonchev–Trinajstić information content (AvgIpc) is 3.34. The molecular formula is C27H26FN7O4S. The minimum Gasteiger partial charge on any atom is -0.476 e. The Morgan fingerprint density at radius 2 is 2.00 bits per heavy atom. The van der Waals surface area contributed by atoms with Crippen LogP contribution in [0.5, 0.6) is 17.2 Å². The normalized spacial score (nSPS) is 12.7. The van der Waals surface area contributed by atoms with Gasteiger partial charge in [0.1, 0.15) is 17.4 Å². The van der Waals surface area contributed by atoms with E-state index in [0.717, 1.165) is 11.1 Å². The number of hydrogen-bond acceptors (Lipinski definition) is 8. The fraction of sp³-hybridized carbons (Fsp3) is 0.222. The molecule has 0 saturated heterocycles. The Morgan fingerprint density at radius 1 is 1.18 bits per heavy atom. The van der Waals surface area contributed by atoms with Crippen LogP contribution < -0.4 is 25.4 Å². The van der Waals surface area contributed by atoms with E-state index in [-0.39, 0.29) is 23.7 Å². The molecule has 206 valence electrons. The first-order valence-corrected chi connectivity index (χ1v) is 13.4. The Bertz CT molecular complexity index is 1600. The van der Waals surface area contributed by atoms with E-state index in [0.29, 0.717) is 40.1 Å². The average molecular weight is 564 g/mol. The fourth-order valence-electron chi connectivity index (χ4n) is 3.83. The predicted octanol–water partition coefficient (Wildman–Crippen LogP) is 5.59. The van der Waals surface area contributed by atoms with Crippen molar-refractivity contribution in [2.75, 3.05) is 28.8 Å². The number of urea groups is 1. The molecule has 0 fully saturated rings. The van der Waals surface area contributed by atoms with Crippen molar-refractivity contribution < 1.29 is 23.5 Å². The molecule has 11 nitrogen and oxygen atoms in total. The highest BCUT2D eigenvalue weighted by molar-refractivity contribution is 7.98. The summed E-state index contributed by atoms with van der Waals surface area (Å²) in [6, 6.07) is 9.35. The van der Waals surface area contributed by atoms with Gasteiger partial charge in [-0.2, -0.15) is 5.10 Å². The number of ether oxygens (including phenoxy) is 2. The second kappa shape index (κ2) is 10.8. The summed E-state index contributed by atoms with van der Waals surface area (Å²) < 4.78 is 26.8. The lowest BCUT2D eigenvalue weighted by molar-refractivity contribution is -0.118. The smallest absolute Gasteiger partial charge is 0.324 e. The van der Waals surface area contributed by atoms with Crippen LogP contribution in [-0.2, 0) is 10.2 Å². The highest BCUT2D eigenvalue weighted by atomic mass is 32.2. The van der Waals surface area contributed by atoms with Crippen LogP contribution in [0.3, 0.4) is 0 Å². The number of aromatic nitrogens is 4. The van der Waals surface area contributed by atoms with Crippen LogP contribution in [0, 0.1) is 5.82 Å². The van der Waals surface area contributed by atoms with Gasteiger partial charge in [-0.3, -0.25) is 15.1 Å². The molecule has 0 unspecified atom stereocenters. The van der Waals surface area contributed by atoms with Crippen molar-refractivity contribution >= 4 is 41.0 Å². The first kappa shape index (κ1) is 26.9. The summed E-state index contributed by atoms with van der Waals surface area (Å²) in [6.07, 6.45) is 5.95. The van der Waals surface area contributed by atoms with Crippen LogP contribution in [0.15, 0.2) is 59.9 Å². The standard InChI is InChI=1S/C27H26FN7O4S/c1-27(2,3)21-11-22(35(34-21)16-9-15(28)12-29-13-16)32-26(37)31-18-6-5-17(10-20(18)40-4)39-19-7-8-30-25-24(19)38-14-23(36)33-25/h5-13H,14H2,1-4H3,(H,30,33,36)(H2,31,32,37). The highest BCUT2D eigenvalue weighted by Crippen LogP contribution is 2.39. The molecule has 0 spiro atoms. The molecule has 4 aromatic rings. The molecule has 1 aliphatic rings. The molecule has 4 heterocycles. The number of amides is 3. The van der Waals surface area contributed by atoms with Gasteiger partial charge in [-0.25, -0.2) is 18.9 Å². The van der Waals surface area contributed by atoms with Gasteiger partial charge in [0.25, 0.3) is 5.91 Å². The zero-order chi connectivity index (χ0) is 28.4. The first-order chi connectivity index (χ1) is 19.1. The summed E-state index contributed by atoms with van der Waals surface area (Å²) in [7, 11) is 0. The number of nitrogens with zero attached hydrogens (tertiary/aromatic N) is 4. The molecule has 0 saturated carbocycles. The van der Waals surface area contributed by atoms with Crippen LogP contribution in [0.4, 0.5) is 26.5 Å². The Morgan fingerprint density at radius 3 is 2.75 bits per heavy atom. The van der Waals surface area contributed by atoms with Gasteiger partial charge < -0.3 is 20.1 Å². The third-order valence-corrected chi connectivity index (χ3v) is 6.55. The van der Waals surface area contributed by atoms with Gasteiger partial charge in [0.05, 0.1) is 29.5 Å². The number of nitrogens with one attached hydrogen (secondary N) is 3. The van der Waals surface area contributed by atoms with Crippen LogP contribution >= 0.6 is 11.8 Å². The lowest BCUT2D eigenvalue weighted by Crippen LogP contribution is -2.26. The Labute approximate surface area is 233 Å². The number of pyridine rings is 2. The van der Waals surface area contributed by atoms with Crippen LogP contribution in [0.25, 0.3) is 5.69 Å². The molecule has 5 rings (SSSR count). The van der Waals surface area contributed by atoms with Crippen molar-refractivity contribution in [3.05, 3.63) is 66.5 Å². The quantitative estimate of drug-likeness (QED) is 0.259. The third kappa shape index (κ3) is 5.83. The Balaban J connectivity index is 1.35. The van der Waals surface area contributed by atoms with Crippen molar-refractivity contribution in [1.29, 1.82) is 0 Å². The van der Waals surface area contributed by atoms with Gasteiger partial charge in [-0.15, -0.1) is 11.8 Å². The molecule has 1 aromatic carbocycles. The second-order valence-electron chi connectivity index (χ2n) is 9.80. The summed E-state index contributed by atoms with van der Waals surface area (Å²) in [5, 5.41) is 12.9. The van der Waals surface area contributed by atoms with Gasteiger partial charge in [-0.1, -0.05) is 20.8 Å². The topological polar surface area (TPSA) is 132 Å². The molecule has 1 aliphatic heterocycles. The zero-order valence-corrected chi connectivity index (χ0v) is 22.9. The Hall–Kier alpha value is -4.65. The highest BCUT2D eigenvalue weighted by Gasteiger charge is 2.23. The lowest BCUT2D eigenvalue weighted by atomic mass is 9.92. The molecule has 0 radical (unpaired) electrons. The maximum absolute atomic E-state index is 13.9. The molecule has 0 aliphatic carbocycles. The molecule has 0 bridgehead atoms. The predicted molar refractivity (Wildman–Crippen MR) is 149 cm³/mol. The van der Waals surface area contributed by atoms with E-state index in [1.54, 1.807) is 30.3 Å². The molecule has 3 aromatic heterocycles. The number of carbonyl (C=O) groups excluding carboxylic acids is 2. The summed E-state index contributed by atoms with van der Waals surface area (Å²) in [5.74, 6) is 1.07. The number of rotatable bonds is 6. The number of thioether (sulfide) groups is 1. The number of carbonyl (C=O) groups is 2. The van der Waals surface area contributed by atoms with Crippen molar-refractivity contribution in [2.24, 2.45) is 0 Å². The first-order valence-electron chi connectivity index (χ1n) is 12.2. The Kier molecular flexibility index (Phi) is 7.30. The van der Waals surface area contributed by atoms with Crippen molar-refractivity contribution in [2.45, 2.75) is 31.1 Å². The number of fused-ring (bicyclic) bond motifs is 1. The van der Waals surface area contributed by atoms with Gasteiger partial charge in [0, 0.05) is 34.7 Å². The molecule has 3 N–H and O–H groups in total. The second-order valence-corrected chi connectivity index (χ2v) is 10.7. The van der Waals surface area contributed by atoms with Crippen molar-refractivity contribution in [1.82, 2.24) is 19.7 Å². The maximum Gasteiger partial charge on any atom is 0.324 e. The molecule has 40 heavy (non-hydrogen) atoms. The third-order valence-electron chi connectivity index (χ3n) is 5.78. The number of benzene rings is 1. The molecular weight excluding hydrogens is 537 g/mol. The van der Waals surface area contributed by atoms with E-state index >= 15 is 0 Å². The maximum atomic E-state index is 13.9. The van der Waals surface area contributed by atoms with E-state index in [1.165, 1.54) is 34.9 Å². The zero-order valence-electron chi connectivity index (χ0n) is 22.1.